The van der Waals surface area contributed by atoms with Gasteiger partial charge < -0.3 is 10.8 Å². The van der Waals surface area contributed by atoms with E-state index in [9.17, 15) is 5.11 Å². The van der Waals surface area contributed by atoms with Crippen LogP contribution in [0.25, 0.3) is 0 Å². The van der Waals surface area contributed by atoms with Gasteiger partial charge in [-0.15, -0.1) is 0 Å². The Hall–Kier alpha value is -0.860. The first kappa shape index (κ1) is 8.45. The summed E-state index contributed by atoms with van der Waals surface area (Å²) in [6.07, 6.45) is 2.96. The first-order valence-electron chi connectivity index (χ1n) is 5.35. The van der Waals surface area contributed by atoms with Crippen LogP contribution in [0.1, 0.15) is 42.3 Å². The van der Waals surface area contributed by atoms with E-state index in [1.165, 1.54) is 11.1 Å². The molecule has 1 aromatic carbocycles. The maximum atomic E-state index is 10.4. The molecule has 0 radical (unpaired) electrons. The summed E-state index contributed by atoms with van der Waals surface area (Å²) in [5.74, 6) is 0.578. The van der Waals surface area contributed by atoms with E-state index in [2.05, 4.69) is 23.9 Å². The van der Waals surface area contributed by atoms with Crippen LogP contribution >= 0.6 is 0 Å². The highest BCUT2D eigenvalue weighted by atomic mass is 16.3. The third-order valence-electron chi connectivity index (χ3n) is 3.99. The topological polar surface area (TPSA) is 47.9 Å². The molecule has 2 aliphatic rings. The van der Waals surface area contributed by atoms with Gasteiger partial charge in [-0.25, -0.2) is 0 Å². The van der Waals surface area contributed by atoms with Crippen molar-refractivity contribution in [2.24, 2.45) is 0 Å². The molecule has 3 rings (SSSR count). The lowest BCUT2D eigenvalue weighted by molar-refractivity contribution is -0.462. The van der Waals surface area contributed by atoms with E-state index in [0.717, 1.165) is 19.3 Å². The van der Waals surface area contributed by atoms with E-state index in [1.54, 1.807) is 0 Å². The highest BCUT2D eigenvalue weighted by Crippen LogP contribution is 2.51. The van der Waals surface area contributed by atoms with E-state index in [0.29, 0.717) is 5.92 Å². The van der Waals surface area contributed by atoms with Gasteiger partial charge in [0.15, 0.2) is 0 Å². The third-order valence-corrected chi connectivity index (χ3v) is 3.99. The summed E-state index contributed by atoms with van der Waals surface area (Å²) in [5, 5.41) is 10.4. The van der Waals surface area contributed by atoms with Crippen molar-refractivity contribution in [3.63, 3.8) is 0 Å². The number of fused-ring (bicyclic) bond motifs is 4. The summed E-state index contributed by atoms with van der Waals surface area (Å²) >= 11 is 0. The number of hydrogen-bond donors (Lipinski definition) is 2. The zero-order valence-electron chi connectivity index (χ0n) is 8.24. The zero-order chi connectivity index (χ0) is 9.76. The van der Waals surface area contributed by atoms with Crippen LogP contribution in [-0.2, 0) is 0 Å². The maximum absolute atomic E-state index is 10.4. The molecule has 4 N–H and O–H groups in total. The van der Waals surface area contributed by atoms with Gasteiger partial charge in [-0.1, -0.05) is 24.3 Å². The smallest absolute Gasteiger partial charge is 0.139 e. The Bertz CT molecular complexity index is 376. The molecule has 2 aliphatic carbocycles. The summed E-state index contributed by atoms with van der Waals surface area (Å²) in [7, 11) is 0. The average molecular weight is 190 g/mol. The molecule has 14 heavy (non-hydrogen) atoms. The lowest BCUT2D eigenvalue weighted by Gasteiger charge is -2.33. The molecule has 2 heteroatoms. The fourth-order valence-electron chi connectivity index (χ4n) is 3.13. The van der Waals surface area contributed by atoms with Gasteiger partial charge >= 0.3 is 0 Å². The molecule has 1 saturated carbocycles. The number of quaternary nitrogens is 1. The monoisotopic (exact) mass is 190 g/mol. The number of rotatable bonds is 0. The normalized spacial score (nSPS) is 39.6. The Morgan fingerprint density at radius 3 is 2.79 bits per heavy atom. The minimum Gasteiger partial charge on any atom is -0.383 e. The third kappa shape index (κ3) is 0.928. The average Bonchev–Trinajstić information content (AvgIpc) is 2.57. The lowest BCUT2D eigenvalue weighted by atomic mass is 9.77. The molecule has 3 atom stereocenters. The SMILES string of the molecule is [NH3+]C1c2ccccc2C2CCC1(O)C2. The number of hydrogen-bond acceptors (Lipinski definition) is 1. The van der Waals surface area contributed by atoms with Crippen LogP contribution in [0.3, 0.4) is 0 Å². The van der Waals surface area contributed by atoms with Crippen LogP contribution in [-0.4, -0.2) is 10.7 Å². The first-order valence-corrected chi connectivity index (χ1v) is 5.35. The van der Waals surface area contributed by atoms with E-state index in [-0.39, 0.29) is 6.04 Å². The standard InChI is InChI=1S/C12H15NO/c13-11-10-4-2-1-3-9(10)8-5-6-12(11,14)7-8/h1-4,8,11,14H,5-7,13H2/p+1. The summed E-state index contributed by atoms with van der Waals surface area (Å²) in [6, 6.07) is 8.52. The molecule has 74 valence electrons. The summed E-state index contributed by atoms with van der Waals surface area (Å²) < 4.78 is 0. The van der Waals surface area contributed by atoms with Crippen LogP contribution in [0, 0.1) is 0 Å². The van der Waals surface area contributed by atoms with Crippen molar-refractivity contribution in [3.8, 4) is 0 Å². The van der Waals surface area contributed by atoms with Crippen LogP contribution in [0.4, 0.5) is 0 Å². The molecule has 0 aliphatic heterocycles. The van der Waals surface area contributed by atoms with Gasteiger partial charge in [-0.05, 0) is 30.7 Å². The fraction of sp³-hybridized carbons (Fsp3) is 0.500. The van der Waals surface area contributed by atoms with Gasteiger partial charge in [0.1, 0.15) is 11.6 Å². The highest BCUT2D eigenvalue weighted by Gasteiger charge is 2.50. The maximum Gasteiger partial charge on any atom is 0.139 e. The highest BCUT2D eigenvalue weighted by molar-refractivity contribution is 5.38. The lowest BCUT2D eigenvalue weighted by Crippen LogP contribution is -2.64. The molecule has 2 nitrogen and oxygen atoms in total. The molecule has 0 saturated heterocycles. The minimum absolute atomic E-state index is 0.0671. The first-order chi connectivity index (χ1) is 6.71. The molecule has 0 amide bonds. The van der Waals surface area contributed by atoms with Crippen molar-refractivity contribution in [1.29, 1.82) is 0 Å². The molecule has 2 bridgehead atoms. The largest absolute Gasteiger partial charge is 0.383 e. The van der Waals surface area contributed by atoms with Crippen LogP contribution in [0.15, 0.2) is 24.3 Å². The Kier molecular flexibility index (Phi) is 1.56. The van der Waals surface area contributed by atoms with E-state index < -0.39 is 5.60 Å². The molecule has 1 fully saturated rings. The van der Waals surface area contributed by atoms with Gasteiger partial charge in [-0.2, -0.15) is 0 Å². The summed E-state index contributed by atoms with van der Waals surface area (Å²) in [4.78, 5) is 0. The fourth-order valence-corrected chi connectivity index (χ4v) is 3.13. The van der Waals surface area contributed by atoms with Crippen LogP contribution in [0.5, 0.6) is 0 Å². The molecule has 0 aromatic heterocycles. The van der Waals surface area contributed by atoms with E-state index in [4.69, 9.17) is 0 Å². The molecule has 0 heterocycles. The number of aliphatic hydroxyl groups is 1. The molecular weight excluding hydrogens is 174 g/mol. The molecule has 0 spiro atoms. The second-order valence-electron chi connectivity index (χ2n) is 4.72. The van der Waals surface area contributed by atoms with E-state index in [1.807, 2.05) is 6.07 Å². The van der Waals surface area contributed by atoms with Crippen LogP contribution < -0.4 is 5.73 Å². The second kappa shape index (κ2) is 2.59. The van der Waals surface area contributed by atoms with Gasteiger partial charge in [0, 0.05) is 5.56 Å². The Morgan fingerprint density at radius 2 is 2.00 bits per heavy atom. The van der Waals surface area contributed by atoms with Crippen molar-refractivity contribution in [2.45, 2.75) is 36.8 Å². The summed E-state index contributed by atoms with van der Waals surface area (Å²) in [6.45, 7) is 0. The van der Waals surface area contributed by atoms with Crippen molar-refractivity contribution in [2.75, 3.05) is 0 Å². The summed E-state index contributed by atoms with van der Waals surface area (Å²) in [5.41, 5.74) is 6.32. The Labute approximate surface area is 83.7 Å². The Balaban J connectivity index is 2.19. The van der Waals surface area contributed by atoms with Crippen molar-refractivity contribution in [3.05, 3.63) is 35.4 Å². The van der Waals surface area contributed by atoms with Gasteiger partial charge in [0.2, 0.25) is 0 Å². The minimum atomic E-state index is -0.515. The predicted octanol–water partition coefficient (Wildman–Crippen LogP) is 0.982. The van der Waals surface area contributed by atoms with Crippen molar-refractivity contribution in [1.82, 2.24) is 0 Å². The van der Waals surface area contributed by atoms with E-state index >= 15 is 0 Å². The van der Waals surface area contributed by atoms with Gasteiger partial charge in [0.05, 0.1) is 0 Å². The zero-order valence-corrected chi connectivity index (χ0v) is 8.24. The quantitative estimate of drug-likeness (QED) is 0.629. The van der Waals surface area contributed by atoms with Crippen LogP contribution in [0.2, 0.25) is 0 Å². The second-order valence-corrected chi connectivity index (χ2v) is 4.72. The molecule has 3 unspecified atom stereocenters. The van der Waals surface area contributed by atoms with Crippen molar-refractivity contribution >= 4 is 0 Å². The molecule has 1 aromatic rings. The van der Waals surface area contributed by atoms with Gasteiger partial charge in [0.25, 0.3) is 0 Å². The Morgan fingerprint density at radius 1 is 1.29 bits per heavy atom. The predicted molar refractivity (Wildman–Crippen MR) is 53.6 cm³/mol. The van der Waals surface area contributed by atoms with Gasteiger partial charge in [-0.3, -0.25) is 0 Å². The number of benzene rings is 1. The van der Waals surface area contributed by atoms with Crippen molar-refractivity contribution < 1.29 is 10.8 Å². The molecular formula is C12H16NO+.